The second kappa shape index (κ2) is 9.17. The molecule has 0 bridgehead atoms. The molecule has 1 fully saturated rings. The third-order valence-electron chi connectivity index (χ3n) is 5.19. The maximum absolute atomic E-state index is 12.9. The van der Waals surface area contributed by atoms with Crippen LogP contribution in [-0.2, 0) is 24.8 Å². The zero-order valence-corrected chi connectivity index (χ0v) is 19.9. The summed E-state index contributed by atoms with van der Waals surface area (Å²) < 4.78 is 64.6. The van der Waals surface area contributed by atoms with Gasteiger partial charge in [0.2, 0.25) is 26.0 Å². The number of aromatic nitrogens is 1. The molecule has 3 rings (SSSR count). The van der Waals surface area contributed by atoms with Crippen molar-refractivity contribution in [1.29, 1.82) is 0 Å². The summed E-state index contributed by atoms with van der Waals surface area (Å²) in [5.74, 6) is 0.237. The molecule has 1 aliphatic rings. The largest absolute Gasteiger partial charge is 0.497 e. The highest BCUT2D eigenvalue weighted by Crippen LogP contribution is 2.22. The molecule has 11 nitrogen and oxygen atoms in total. The van der Waals surface area contributed by atoms with Crippen molar-refractivity contribution in [2.75, 3.05) is 33.3 Å². The summed E-state index contributed by atoms with van der Waals surface area (Å²) in [6.07, 6.45) is 0. The Kier molecular flexibility index (Phi) is 6.93. The fraction of sp³-hybridized carbons (Fsp3) is 0.474. The molecular weight excluding hydrogens is 460 g/mol. The fourth-order valence-electron chi connectivity index (χ4n) is 3.52. The van der Waals surface area contributed by atoms with Crippen LogP contribution in [0.5, 0.6) is 5.75 Å². The van der Waals surface area contributed by atoms with Gasteiger partial charge in [0.05, 0.1) is 18.0 Å². The van der Waals surface area contributed by atoms with E-state index in [-0.39, 0.29) is 47.4 Å². The van der Waals surface area contributed by atoms with Crippen LogP contribution in [0.1, 0.15) is 18.4 Å². The summed E-state index contributed by atoms with van der Waals surface area (Å²) in [6, 6.07) is 5.03. The number of ether oxygens (including phenoxy) is 1. The van der Waals surface area contributed by atoms with Gasteiger partial charge >= 0.3 is 0 Å². The highest BCUT2D eigenvalue weighted by atomic mass is 32.2. The third-order valence-corrected chi connectivity index (χ3v) is 8.88. The Balaban J connectivity index is 1.63. The average Bonchev–Trinajstić information content (AvgIpc) is 3.11. The van der Waals surface area contributed by atoms with Gasteiger partial charge in [-0.1, -0.05) is 5.16 Å². The van der Waals surface area contributed by atoms with Gasteiger partial charge in [-0.05, 0) is 45.0 Å². The van der Waals surface area contributed by atoms with Crippen molar-refractivity contribution in [2.24, 2.45) is 0 Å². The molecule has 0 aliphatic carbocycles. The minimum absolute atomic E-state index is 0.0902. The highest BCUT2D eigenvalue weighted by Gasteiger charge is 2.34. The van der Waals surface area contributed by atoms with Gasteiger partial charge < -0.3 is 14.2 Å². The van der Waals surface area contributed by atoms with E-state index in [1.165, 1.54) is 49.2 Å². The first-order chi connectivity index (χ1) is 15.0. The highest BCUT2D eigenvalue weighted by molar-refractivity contribution is 7.89. The number of benzene rings is 1. The molecule has 1 aromatic heterocycles. The molecule has 1 N–H and O–H groups in total. The molecule has 0 radical (unpaired) electrons. The van der Waals surface area contributed by atoms with Crippen LogP contribution in [0.25, 0.3) is 0 Å². The molecule has 1 aromatic carbocycles. The number of sulfonamides is 2. The number of carbonyl (C=O) groups excluding carboxylic acids is 1. The van der Waals surface area contributed by atoms with Crippen molar-refractivity contribution in [2.45, 2.75) is 36.6 Å². The van der Waals surface area contributed by atoms with E-state index in [2.05, 4.69) is 9.88 Å². The molecule has 176 valence electrons. The van der Waals surface area contributed by atoms with Crippen LogP contribution in [0, 0.1) is 13.8 Å². The standard InChI is InChI=1S/C19H26N4O7S2/c1-13-18(15(3)30-20-13)31(25,26)21-14(2)19(24)22-9-11-23(12-10-22)32(27,28)17-7-5-16(29-4)6-8-17/h5-8,14,21H,9-12H2,1-4H3/t14-/m0/s1. The quantitative estimate of drug-likeness (QED) is 0.597. The van der Waals surface area contributed by atoms with Gasteiger partial charge in [-0.15, -0.1) is 0 Å². The van der Waals surface area contributed by atoms with Crippen molar-refractivity contribution in [3.05, 3.63) is 35.7 Å². The van der Waals surface area contributed by atoms with Crippen molar-refractivity contribution in [3.8, 4) is 5.75 Å². The van der Waals surface area contributed by atoms with E-state index in [1.54, 1.807) is 12.1 Å². The molecule has 2 heterocycles. The maximum atomic E-state index is 12.9. The van der Waals surface area contributed by atoms with E-state index in [1.807, 2.05) is 0 Å². The van der Waals surface area contributed by atoms with Gasteiger partial charge in [-0.2, -0.15) is 9.03 Å². The summed E-state index contributed by atoms with van der Waals surface area (Å²) in [7, 11) is -6.23. The van der Waals surface area contributed by atoms with Gasteiger partial charge in [0.15, 0.2) is 5.76 Å². The lowest BCUT2D eigenvalue weighted by molar-refractivity contribution is -0.133. The van der Waals surface area contributed by atoms with E-state index in [0.29, 0.717) is 5.75 Å². The van der Waals surface area contributed by atoms with E-state index in [0.717, 1.165) is 0 Å². The van der Waals surface area contributed by atoms with Crippen LogP contribution in [0.15, 0.2) is 38.6 Å². The molecule has 32 heavy (non-hydrogen) atoms. The number of amides is 1. The second-order valence-electron chi connectivity index (χ2n) is 7.40. The predicted octanol–water partition coefficient (Wildman–Crippen LogP) is 0.500. The summed E-state index contributed by atoms with van der Waals surface area (Å²) >= 11 is 0. The van der Waals surface area contributed by atoms with Crippen molar-refractivity contribution < 1.29 is 30.9 Å². The predicted molar refractivity (Wildman–Crippen MR) is 114 cm³/mol. The molecular formula is C19H26N4O7S2. The van der Waals surface area contributed by atoms with Crippen LogP contribution in [-0.4, -0.2) is 76.4 Å². The Morgan fingerprint density at radius 2 is 1.69 bits per heavy atom. The maximum Gasteiger partial charge on any atom is 0.246 e. The minimum Gasteiger partial charge on any atom is -0.497 e. The third kappa shape index (κ3) is 4.80. The Hall–Kier alpha value is -2.48. The number of methoxy groups -OCH3 is 1. The van der Waals surface area contributed by atoms with E-state index < -0.39 is 32.0 Å². The van der Waals surface area contributed by atoms with E-state index >= 15 is 0 Å². The van der Waals surface area contributed by atoms with Crippen molar-refractivity contribution in [1.82, 2.24) is 19.1 Å². The summed E-state index contributed by atoms with van der Waals surface area (Å²) in [4.78, 5) is 14.3. The van der Waals surface area contributed by atoms with Gasteiger partial charge in [0, 0.05) is 26.2 Å². The Bertz CT molecular complexity index is 1160. The lowest BCUT2D eigenvalue weighted by atomic mass is 10.2. The van der Waals surface area contributed by atoms with Crippen LogP contribution < -0.4 is 9.46 Å². The first-order valence-electron chi connectivity index (χ1n) is 9.85. The van der Waals surface area contributed by atoms with Crippen LogP contribution in [0.2, 0.25) is 0 Å². The Morgan fingerprint density at radius 3 is 2.19 bits per heavy atom. The first-order valence-corrected chi connectivity index (χ1v) is 12.8. The van der Waals surface area contributed by atoms with Gasteiger partial charge in [-0.3, -0.25) is 4.79 Å². The Labute approximate surface area is 187 Å². The monoisotopic (exact) mass is 486 g/mol. The number of rotatable bonds is 7. The zero-order valence-electron chi connectivity index (χ0n) is 18.2. The van der Waals surface area contributed by atoms with Gasteiger partial charge in [0.25, 0.3) is 0 Å². The number of nitrogens with zero attached hydrogens (tertiary/aromatic N) is 3. The van der Waals surface area contributed by atoms with Gasteiger partial charge in [-0.25, -0.2) is 16.8 Å². The van der Waals surface area contributed by atoms with E-state index in [4.69, 9.17) is 9.26 Å². The molecule has 1 saturated heterocycles. The molecule has 0 spiro atoms. The smallest absolute Gasteiger partial charge is 0.246 e. The lowest BCUT2D eigenvalue weighted by Crippen LogP contribution is -2.55. The average molecular weight is 487 g/mol. The summed E-state index contributed by atoms with van der Waals surface area (Å²) in [5.41, 5.74) is 0.201. The second-order valence-corrected chi connectivity index (χ2v) is 11.0. The van der Waals surface area contributed by atoms with E-state index in [9.17, 15) is 21.6 Å². The first kappa shape index (κ1) is 24.2. The molecule has 1 aliphatic heterocycles. The topological polar surface area (TPSA) is 139 Å². The van der Waals surface area contributed by atoms with Crippen molar-refractivity contribution in [3.63, 3.8) is 0 Å². The number of nitrogens with one attached hydrogen (secondary N) is 1. The number of hydrogen-bond acceptors (Lipinski definition) is 8. The van der Waals surface area contributed by atoms with Crippen LogP contribution >= 0.6 is 0 Å². The number of piperazine rings is 1. The molecule has 0 saturated carbocycles. The summed E-state index contributed by atoms with van der Waals surface area (Å²) in [5, 5.41) is 3.63. The summed E-state index contributed by atoms with van der Waals surface area (Å²) in [6.45, 7) is 4.91. The SMILES string of the molecule is COc1ccc(S(=O)(=O)N2CCN(C(=O)[C@H](C)NS(=O)(=O)c3c(C)noc3C)CC2)cc1. The van der Waals surface area contributed by atoms with Crippen LogP contribution in [0.3, 0.4) is 0 Å². The fourth-order valence-corrected chi connectivity index (χ4v) is 6.47. The normalized spacial score (nSPS) is 16.7. The number of aryl methyl sites for hydroxylation is 2. The molecule has 1 atom stereocenters. The van der Waals surface area contributed by atoms with Crippen molar-refractivity contribution >= 4 is 26.0 Å². The number of hydrogen-bond donors (Lipinski definition) is 1. The lowest BCUT2D eigenvalue weighted by Gasteiger charge is -2.35. The molecule has 2 aromatic rings. The molecule has 13 heteroatoms. The zero-order chi connectivity index (χ0) is 23.7. The minimum atomic E-state index is -4.01. The number of carbonyl (C=O) groups is 1. The molecule has 0 unspecified atom stereocenters. The van der Waals surface area contributed by atoms with Gasteiger partial charge in [0.1, 0.15) is 16.3 Å². The van der Waals surface area contributed by atoms with Crippen LogP contribution in [0.4, 0.5) is 0 Å². The molecule has 1 amide bonds. The Morgan fingerprint density at radius 1 is 1.09 bits per heavy atom.